The van der Waals surface area contributed by atoms with Crippen molar-refractivity contribution < 1.29 is 24.2 Å². The topological polar surface area (TPSA) is 83.9 Å². The van der Waals surface area contributed by atoms with Gasteiger partial charge in [-0.2, -0.15) is 0 Å². The van der Waals surface area contributed by atoms with E-state index in [1.165, 1.54) is 18.9 Å². The molecule has 6 nitrogen and oxygen atoms in total. The van der Waals surface area contributed by atoms with Crippen LogP contribution < -0.4 is 0 Å². The number of hydrogen-bond acceptors (Lipinski definition) is 4. The normalized spacial score (nSPS) is 18.6. The number of piperidine rings is 1. The molecule has 1 N–H and O–H groups in total. The maximum absolute atomic E-state index is 11.7. The first-order chi connectivity index (χ1) is 7.97. The van der Waals surface area contributed by atoms with Crippen molar-refractivity contribution in [1.29, 1.82) is 0 Å². The van der Waals surface area contributed by atoms with Gasteiger partial charge in [-0.3, -0.25) is 14.4 Å². The van der Waals surface area contributed by atoms with E-state index in [9.17, 15) is 14.4 Å². The first-order valence-corrected chi connectivity index (χ1v) is 5.56. The van der Waals surface area contributed by atoms with Crippen LogP contribution >= 0.6 is 0 Å². The van der Waals surface area contributed by atoms with Crippen molar-refractivity contribution in [3.8, 4) is 0 Å². The van der Waals surface area contributed by atoms with Gasteiger partial charge in [-0.05, 0) is 19.8 Å². The van der Waals surface area contributed by atoms with Crippen LogP contribution in [0.3, 0.4) is 0 Å². The molecule has 1 amide bonds. The lowest BCUT2D eigenvalue weighted by Crippen LogP contribution is -2.44. The van der Waals surface area contributed by atoms with Crippen LogP contribution in [-0.2, 0) is 19.1 Å². The molecule has 1 heterocycles. The second kappa shape index (κ2) is 5.65. The minimum Gasteiger partial charge on any atom is -0.481 e. The van der Waals surface area contributed by atoms with E-state index < -0.39 is 11.9 Å². The summed E-state index contributed by atoms with van der Waals surface area (Å²) in [6.07, 6.45) is 1.06. The molecule has 1 saturated heterocycles. The Morgan fingerprint density at radius 3 is 2.24 bits per heavy atom. The van der Waals surface area contributed by atoms with Crippen LogP contribution in [0.4, 0.5) is 0 Å². The van der Waals surface area contributed by atoms with Crippen molar-refractivity contribution in [3.05, 3.63) is 0 Å². The third-order valence-corrected chi connectivity index (χ3v) is 3.08. The molecule has 0 aliphatic carbocycles. The van der Waals surface area contributed by atoms with Gasteiger partial charge in [0.05, 0.1) is 13.0 Å². The van der Waals surface area contributed by atoms with Crippen molar-refractivity contribution in [3.63, 3.8) is 0 Å². The molecule has 1 aliphatic heterocycles. The fraction of sp³-hybridized carbons (Fsp3) is 0.727. The number of carboxylic acids is 1. The standard InChI is InChI=1S/C11H17NO5/c1-7(10(14)15)9(13)12-5-3-8(4-6-12)11(16)17-2/h7-8H,3-6H2,1-2H3,(H,14,15). The Bertz CT molecular complexity index is 320. The van der Waals surface area contributed by atoms with E-state index in [0.717, 1.165) is 0 Å². The molecule has 1 atom stereocenters. The van der Waals surface area contributed by atoms with Gasteiger partial charge in [0.2, 0.25) is 5.91 Å². The number of ether oxygens (including phenoxy) is 1. The Kier molecular flexibility index (Phi) is 4.48. The van der Waals surface area contributed by atoms with Crippen molar-refractivity contribution >= 4 is 17.8 Å². The van der Waals surface area contributed by atoms with Gasteiger partial charge < -0.3 is 14.7 Å². The SMILES string of the molecule is COC(=O)C1CCN(C(=O)C(C)C(=O)O)CC1. The van der Waals surface area contributed by atoms with Crippen LogP contribution in [0.25, 0.3) is 0 Å². The fourth-order valence-electron chi connectivity index (χ4n) is 1.88. The summed E-state index contributed by atoms with van der Waals surface area (Å²) in [6.45, 7) is 2.20. The highest BCUT2D eigenvalue weighted by atomic mass is 16.5. The molecule has 6 heteroatoms. The number of esters is 1. The second-order valence-electron chi connectivity index (χ2n) is 4.18. The maximum atomic E-state index is 11.7. The molecule has 0 radical (unpaired) electrons. The van der Waals surface area contributed by atoms with E-state index >= 15 is 0 Å². The van der Waals surface area contributed by atoms with E-state index in [2.05, 4.69) is 4.74 Å². The van der Waals surface area contributed by atoms with Crippen LogP contribution in [-0.4, -0.2) is 48.1 Å². The number of likely N-dealkylation sites (tertiary alicyclic amines) is 1. The number of nitrogens with zero attached hydrogens (tertiary/aromatic N) is 1. The highest BCUT2D eigenvalue weighted by molar-refractivity contribution is 5.96. The smallest absolute Gasteiger partial charge is 0.315 e. The van der Waals surface area contributed by atoms with E-state index in [1.807, 2.05) is 0 Å². The lowest BCUT2D eigenvalue weighted by Gasteiger charge is -2.31. The minimum absolute atomic E-state index is 0.177. The van der Waals surface area contributed by atoms with Crippen LogP contribution in [0.2, 0.25) is 0 Å². The van der Waals surface area contributed by atoms with Crippen molar-refractivity contribution in [2.24, 2.45) is 11.8 Å². The third-order valence-electron chi connectivity index (χ3n) is 3.08. The van der Waals surface area contributed by atoms with Crippen molar-refractivity contribution in [2.75, 3.05) is 20.2 Å². The quantitative estimate of drug-likeness (QED) is 0.562. The highest BCUT2D eigenvalue weighted by Gasteiger charge is 2.31. The third kappa shape index (κ3) is 3.18. The molecule has 0 bridgehead atoms. The number of carbonyl (C=O) groups is 3. The molecule has 0 saturated carbocycles. The zero-order valence-corrected chi connectivity index (χ0v) is 10.0. The molecule has 1 fully saturated rings. The summed E-state index contributed by atoms with van der Waals surface area (Å²) in [6, 6.07) is 0. The number of amides is 1. The van der Waals surface area contributed by atoms with Crippen LogP contribution in [0.5, 0.6) is 0 Å². The highest BCUT2D eigenvalue weighted by Crippen LogP contribution is 2.19. The molecule has 0 spiro atoms. The summed E-state index contributed by atoms with van der Waals surface area (Å²) in [4.78, 5) is 35.2. The number of hydrogen-bond donors (Lipinski definition) is 1. The zero-order valence-electron chi connectivity index (χ0n) is 10.0. The Morgan fingerprint density at radius 2 is 1.82 bits per heavy atom. The summed E-state index contributed by atoms with van der Waals surface area (Å²) in [5.74, 6) is -2.97. The lowest BCUT2D eigenvalue weighted by atomic mass is 9.96. The summed E-state index contributed by atoms with van der Waals surface area (Å²) in [5.41, 5.74) is 0. The zero-order chi connectivity index (χ0) is 13.0. The number of carboxylic acid groups (broad SMARTS) is 1. The number of aliphatic carboxylic acids is 1. The van der Waals surface area contributed by atoms with Gasteiger partial charge in [0.25, 0.3) is 0 Å². The van der Waals surface area contributed by atoms with E-state index in [1.54, 1.807) is 0 Å². The van der Waals surface area contributed by atoms with Gasteiger partial charge in [-0.25, -0.2) is 0 Å². The number of carbonyl (C=O) groups excluding carboxylic acids is 2. The van der Waals surface area contributed by atoms with E-state index in [0.29, 0.717) is 25.9 Å². The molecule has 1 unspecified atom stereocenters. The minimum atomic E-state index is -1.12. The van der Waals surface area contributed by atoms with Gasteiger partial charge in [-0.1, -0.05) is 0 Å². The average Bonchev–Trinajstić information content (AvgIpc) is 2.36. The Morgan fingerprint density at radius 1 is 1.29 bits per heavy atom. The molecular weight excluding hydrogens is 226 g/mol. The molecular formula is C11H17NO5. The van der Waals surface area contributed by atoms with Gasteiger partial charge in [-0.15, -0.1) is 0 Å². The molecule has 96 valence electrons. The van der Waals surface area contributed by atoms with Crippen LogP contribution in [0.15, 0.2) is 0 Å². The summed E-state index contributed by atoms with van der Waals surface area (Å²) in [7, 11) is 1.34. The molecule has 0 aromatic heterocycles. The van der Waals surface area contributed by atoms with Crippen molar-refractivity contribution in [1.82, 2.24) is 4.90 Å². The summed E-state index contributed by atoms with van der Waals surface area (Å²) in [5, 5.41) is 8.74. The largest absolute Gasteiger partial charge is 0.481 e. The predicted molar refractivity (Wildman–Crippen MR) is 58.1 cm³/mol. The van der Waals surface area contributed by atoms with Crippen LogP contribution in [0, 0.1) is 11.8 Å². The monoisotopic (exact) mass is 243 g/mol. The van der Waals surface area contributed by atoms with E-state index in [-0.39, 0.29) is 17.8 Å². The van der Waals surface area contributed by atoms with Gasteiger partial charge in [0.15, 0.2) is 0 Å². The Labute approximate surface area is 99.5 Å². The molecule has 0 aromatic rings. The molecule has 1 rings (SSSR count). The average molecular weight is 243 g/mol. The molecule has 0 aromatic carbocycles. The van der Waals surface area contributed by atoms with Gasteiger partial charge in [0, 0.05) is 13.1 Å². The van der Waals surface area contributed by atoms with Gasteiger partial charge in [0.1, 0.15) is 5.92 Å². The number of methoxy groups -OCH3 is 1. The lowest BCUT2D eigenvalue weighted by molar-refractivity contribution is -0.154. The fourth-order valence-corrected chi connectivity index (χ4v) is 1.88. The Balaban J connectivity index is 2.49. The molecule has 17 heavy (non-hydrogen) atoms. The maximum Gasteiger partial charge on any atom is 0.315 e. The first kappa shape index (κ1) is 13.5. The predicted octanol–water partition coefficient (Wildman–Crippen LogP) is 0.119. The first-order valence-electron chi connectivity index (χ1n) is 5.56. The van der Waals surface area contributed by atoms with Gasteiger partial charge >= 0.3 is 11.9 Å². The van der Waals surface area contributed by atoms with E-state index in [4.69, 9.17) is 5.11 Å². The summed E-state index contributed by atoms with van der Waals surface area (Å²) < 4.78 is 4.63. The van der Waals surface area contributed by atoms with Crippen molar-refractivity contribution in [2.45, 2.75) is 19.8 Å². The summed E-state index contributed by atoms with van der Waals surface area (Å²) >= 11 is 0. The Hall–Kier alpha value is -1.59. The second-order valence-corrected chi connectivity index (χ2v) is 4.18. The van der Waals surface area contributed by atoms with Crippen LogP contribution in [0.1, 0.15) is 19.8 Å². The number of rotatable bonds is 3. The molecule has 1 aliphatic rings.